The van der Waals surface area contributed by atoms with Gasteiger partial charge >= 0.3 is 0 Å². The maximum absolute atomic E-state index is 5.68. The summed E-state index contributed by atoms with van der Waals surface area (Å²) < 4.78 is 5.02. The van der Waals surface area contributed by atoms with Gasteiger partial charge in [0.25, 0.3) is 0 Å². The van der Waals surface area contributed by atoms with E-state index in [0.717, 1.165) is 18.0 Å². The Morgan fingerprint density at radius 1 is 1.33 bits per heavy atom. The van der Waals surface area contributed by atoms with Gasteiger partial charge in [-0.15, -0.1) is 0 Å². The lowest BCUT2D eigenvalue weighted by atomic mass is 10.3. The number of hydrogen-bond acceptors (Lipinski definition) is 3. The van der Waals surface area contributed by atoms with Crippen molar-refractivity contribution in [2.24, 2.45) is 5.84 Å². The van der Waals surface area contributed by atoms with Crippen LogP contribution in [0.25, 0.3) is 0 Å². The van der Waals surface area contributed by atoms with Crippen LogP contribution >= 0.6 is 0 Å². The fraction of sp³-hybridized carbons (Fsp3) is 0.333. The van der Waals surface area contributed by atoms with Crippen LogP contribution in [-0.2, 0) is 0 Å². The predicted molar refractivity (Wildman–Crippen MR) is 50.2 cm³/mol. The van der Waals surface area contributed by atoms with Gasteiger partial charge in [0.2, 0.25) is 0 Å². The van der Waals surface area contributed by atoms with E-state index in [4.69, 9.17) is 10.6 Å². The third kappa shape index (κ3) is 1.89. The SMILES string of the molecule is CCN(N)c1ccc(OC)cc1. The molecule has 0 radical (unpaired) electrons. The minimum atomic E-state index is 0.798. The van der Waals surface area contributed by atoms with E-state index in [0.29, 0.717) is 0 Å². The number of rotatable bonds is 3. The van der Waals surface area contributed by atoms with Gasteiger partial charge in [0.15, 0.2) is 0 Å². The lowest BCUT2D eigenvalue weighted by Gasteiger charge is -2.15. The van der Waals surface area contributed by atoms with E-state index in [1.54, 1.807) is 12.1 Å². The molecule has 1 aromatic carbocycles. The monoisotopic (exact) mass is 166 g/mol. The average Bonchev–Trinajstić information content (AvgIpc) is 2.17. The van der Waals surface area contributed by atoms with Crippen LogP contribution in [0.2, 0.25) is 0 Å². The highest BCUT2D eigenvalue weighted by Gasteiger charge is 1.97. The number of ether oxygens (including phenoxy) is 1. The molecule has 1 rings (SSSR count). The molecule has 0 aromatic heterocycles. The zero-order valence-electron chi connectivity index (χ0n) is 7.45. The standard InChI is InChI=1S/C9H14N2O/c1-3-11(10)8-4-6-9(12-2)7-5-8/h4-7H,3,10H2,1-2H3. The van der Waals surface area contributed by atoms with Crippen molar-refractivity contribution in [2.75, 3.05) is 18.7 Å². The number of benzene rings is 1. The molecule has 0 fully saturated rings. The van der Waals surface area contributed by atoms with Crippen molar-refractivity contribution in [1.29, 1.82) is 0 Å². The molecule has 0 spiro atoms. The van der Waals surface area contributed by atoms with Gasteiger partial charge in [-0.05, 0) is 31.2 Å². The average molecular weight is 166 g/mol. The van der Waals surface area contributed by atoms with Gasteiger partial charge in [0.1, 0.15) is 5.75 Å². The summed E-state index contributed by atoms with van der Waals surface area (Å²) in [6.07, 6.45) is 0. The molecule has 0 atom stereocenters. The van der Waals surface area contributed by atoms with Gasteiger partial charge in [0.05, 0.1) is 12.8 Å². The summed E-state index contributed by atoms with van der Waals surface area (Å²) in [5.74, 6) is 6.53. The molecule has 3 heteroatoms. The predicted octanol–water partition coefficient (Wildman–Crippen LogP) is 1.40. The van der Waals surface area contributed by atoms with Crippen LogP contribution < -0.4 is 15.6 Å². The minimum absolute atomic E-state index is 0.798. The van der Waals surface area contributed by atoms with Gasteiger partial charge in [-0.1, -0.05) is 0 Å². The first-order valence-corrected chi connectivity index (χ1v) is 3.94. The van der Waals surface area contributed by atoms with Crippen LogP contribution in [0.4, 0.5) is 5.69 Å². The van der Waals surface area contributed by atoms with Crippen molar-refractivity contribution in [3.8, 4) is 5.75 Å². The van der Waals surface area contributed by atoms with E-state index < -0.39 is 0 Å². The highest BCUT2D eigenvalue weighted by Crippen LogP contribution is 2.16. The molecule has 0 aliphatic carbocycles. The molecular formula is C9H14N2O. The molecule has 0 heterocycles. The fourth-order valence-electron chi connectivity index (χ4n) is 0.956. The molecule has 0 unspecified atom stereocenters. The number of hydrazine groups is 1. The molecule has 1 aromatic rings. The fourth-order valence-corrected chi connectivity index (χ4v) is 0.956. The van der Waals surface area contributed by atoms with Gasteiger partial charge in [0, 0.05) is 6.54 Å². The number of hydrogen-bond donors (Lipinski definition) is 1. The van der Waals surface area contributed by atoms with Crippen LogP contribution in [0.5, 0.6) is 5.75 Å². The zero-order chi connectivity index (χ0) is 8.97. The smallest absolute Gasteiger partial charge is 0.119 e. The zero-order valence-corrected chi connectivity index (χ0v) is 7.45. The number of anilines is 1. The van der Waals surface area contributed by atoms with Crippen LogP contribution in [0.15, 0.2) is 24.3 Å². The molecule has 66 valence electrons. The van der Waals surface area contributed by atoms with Gasteiger partial charge < -0.3 is 9.75 Å². The Morgan fingerprint density at radius 3 is 2.33 bits per heavy atom. The summed E-state index contributed by atoms with van der Waals surface area (Å²) in [5.41, 5.74) is 0.998. The molecule has 0 saturated heterocycles. The molecule has 0 bridgehead atoms. The van der Waals surface area contributed by atoms with Crippen LogP contribution in [0, 0.1) is 0 Å². The third-order valence-electron chi connectivity index (χ3n) is 1.74. The van der Waals surface area contributed by atoms with E-state index in [9.17, 15) is 0 Å². The Hall–Kier alpha value is -1.22. The second-order valence-electron chi connectivity index (χ2n) is 2.48. The molecule has 0 aliphatic heterocycles. The van der Waals surface area contributed by atoms with Crippen molar-refractivity contribution < 1.29 is 4.74 Å². The lowest BCUT2D eigenvalue weighted by molar-refractivity contribution is 0.415. The number of nitrogens with two attached hydrogens (primary N) is 1. The first-order chi connectivity index (χ1) is 5.77. The summed E-state index contributed by atoms with van der Waals surface area (Å²) in [5, 5.41) is 1.68. The highest BCUT2D eigenvalue weighted by atomic mass is 16.5. The first kappa shape index (κ1) is 8.87. The summed E-state index contributed by atoms with van der Waals surface area (Å²) >= 11 is 0. The van der Waals surface area contributed by atoms with Crippen molar-refractivity contribution in [3.63, 3.8) is 0 Å². The first-order valence-electron chi connectivity index (χ1n) is 3.94. The normalized spacial score (nSPS) is 9.58. The van der Waals surface area contributed by atoms with Gasteiger partial charge in [-0.2, -0.15) is 0 Å². The van der Waals surface area contributed by atoms with Crippen LogP contribution in [0.3, 0.4) is 0 Å². The van der Waals surface area contributed by atoms with Crippen LogP contribution in [0.1, 0.15) is 6.92 Å². The van der Waals surface area contributed by atoms with Crippen molar-refractivity contribution in [1.82, 2.24) is 0 Å². The maximum Gasteiger partial charge on any atom is 0.119 e. The largest absolute Gasteiger partial charge is 0.497 e. The molecule has 3 nitrogen and oxygen atoms in total. The van der Waals surface area contributed by atoms with Crippen molar-refractivity contribution >= 4 is 5.69 Å². The molecule has 0 aliphatic rings. The minimum Gasteiger partial charge on any atom is -0.497 e. The van der Waals surface area contributed by atoms with E-state index >= 15 is 0 Å². The maximum atomic E-state index is 5.68. The number of nitrogens with zero attached hydrogens (tertiary/aromatic N) is 1. The Morgan fingerprint density at radius 2 is 1.92 bits per heavy atom. The summed E-state index contributed by atoms with van der Waals surface area (Å²) in [6, 6.07) is 7.65. The quantitative estimate of drug-likeness (QED) is 0.545. The Labute approximate surface area is 72.7 Å². The molecular weight excluding hydrogens is 152 g/mol. The second kappa shape index (κ2) is 3.97. The Bertz CT molecular complexity index is 233. The van der Waals surface area contributed by atoms with E-state index in [1.165, 1.54) is 0 Å². The van der Waals surface area contributed by atoms with E-state index in [1.807, 2.05) is 31.2 Å². The summed E-state index contributed by atoms with van der Waals surface area (Å²) in [4.78, 5) is 0. The van der Waals surface area contributed by atoms with Crippen LogP contribution in [-0.4, -0.2) is 13.7 Å². The van der Waals surface area contributed by atoms with Crippen molar-refractivity contribution in [2.45, 2.75) is 6.92 Å². The lowest BCUT2D eigenvalue weighted by Crippen LogP contribution is -2.29. The van der Waals surface area contributed by atoms with Gasteiger partial charge in [-0.25, -0.2) is 5.84 Å². The van der Waals surface area contributed by atoms with E-state index in [-0.39, 0.29) is 0 Å². The van der Waals surface area contributed by atoms with E-state index in [2.05, 4.69) is 0 Å². The molecule has 0 amide bonds. The molecule has 12 heavy (non-hydrogen) atoms. The summed E-state index contributed by atoms with van der Waals surface area (Å²) in [6.45, 7) is 2.80. The van der Waals surface area contributed by atoms with Gasteiger partial charge in [-0.3, -0.25) is 0 Å². The summed E-state index contributed by atoms with van der Waals surface area (Å²) in [7, 11) is 1.65. The topological polar surface area (TPSA) is 38.5 Å². The Kier molecular flexibility index (Phi) is 2.94. The van der Waals surface area contributed by atoms with Crippen molar-refractivity contribution in [3.05, 3.63) is 24.3 Å². The Balaban J connectivity index is 2.77. The second-order valence-corrected chi connectivity index (χ2v) is 2.48. The molecule has 2 N–H and O–H groups in total. The highest BCUT2D eigenvalue weighted by molar-refractivity contribution is 5.47. The third-order valence-corrected chi connectivity index (χ3v) is 1.74. The number of methoxy groups -OCH3 is 1. The molecule has 0 saturated carbocycles.